The van der Waals surface area contributed by atoms with Crippen LogP contribution in [0.2, 0.25) is 5.02 Å². The van der Waals surface area contributed by atoms with Gasteiger partial charge in [-0.3, -0.25) is 4.79 Å². The number of nitrogens with zero attached hydrogens (tertiary/aromatic N) is 1. The van der Waals surface area contributed by atoms with E-state index in [9.17, 15) is 4.79 Å². The summed E-state index contributed by atoms with van der Waals surface area (Å²) in [7, 11) is 0. The highest BCUT2D eigenvalue weighted by Gasteiger charge is 2.06. The SMILES string of the molecule is Nc1cccc(CCC(=O)Nc2ncccc2Cl)c1. The van der Waals surface area contributed by atoms with Crippen molar-refractivity contribution in [3.63, 3.8) is 0 Å². The maximum absolute atomic E-state index is 11.8. The number of carbonyl (C=O) groups excluding carboxylic acids is 1. The molecule has 5 heteroatoms. The molecule has 3 N–H and O–H groups in total. The first kappa shape index (κ1) is 13.4. The van der Waals surface area contributed by atoms with Crippen molar-refractivity contribution in [3.05, 3.63) is 53.2 Å². The number of rotatable bonds is 4. The number of carbonyl (C=O) groups is 1. The molecular formula is C14H14ClN3O. The number of benzene rings is 1. The van der Waals surface area contributed by atoms with Crippen LogP contribution < -0.4 is 11.1 Å². The predicted octanol–water partition coefficient (Wildman–Crippen LogP) is 2.89. The molecule has 0 fully saturated rings. The Balaban J connectivity index is 1.90. The van der Waals surface area contributed by atoms with Crippen LogP contribution in [0.3, 0.4) is 0 Å². The topological polar surface area (TPSA) is 68.0 Å². The molecule has 1 aromatic carbocycles. The van der Waals surface area contributed by atoms with Crippen LogP contribution in [0.4, 0.5) is 11.5 Å². The summed E-state index contributed by atoms with van der Waals surface area (Å²) in [6, 6.07) is 10.9. The quantitative estimate of drug-likeness (QED) is 0.843. The van der Waals surface area contributed by atoms with Gasteiger partial charge < -0.3 is 11.1 Å². The third-order valence-electron chi connectivity index (χ3n) is 2.61. The number of anilines is 2. The predicted molar refractivity (Wildman–Crippen MR) is 77.1 cm³/mol. The third kappa shape index (κ3) is 3.96. The van der Waals surface area contributed by atoms with E-state index < -0.39 is 0 Å². The fourth-order valence-corrected chi connectivity index (χ4v) is 1.85. The molecule has 0 aliphatic carbocycles. The van der Waals surface area contributed by atoms with Gasteiger partial charge in [0.25, 0.3) is 0 Å². The summed E-state index contributed by atoms with van der Waals surface area (Å²) >= 11 is 5.91. The smallest absolute Gasteiger partial charge is 0.225 e. The Morgan fingerprint density at radius 3 is 2.89 bits per heavy atom. The number of aromatic nitrogens is 1. The van der Waals surface area contributed by atoms with Gasteiger partial charge in [0.15, 0.2) is 5.82 Å². The van der Waals surface area contributed by atoms with E-state index in [1.54, 1.807) is 18.3 Å². The van der Waals surface area contributed by atoms with Crippen LogP contribution in [0, 0.1) is 0 Å². The number of nitrogens with two attached hydrogens (primary N) is 1. The van der Waals surface area contributed by atoms with Gasteiger partial charge in [-0.15, -0.1) is 0 Å². The second-order valence-corrected chi connectivity index (χ2v) is 4.53. The maximum Gasteiger partial charge on any atom is 0.225 e. The van der Waals surface area contributed by atoms with E-state index in [1.165, 1.54) is 0 Å². The van der Waals surface area contributed by atoms with Crippen molar-refractivity contribution in [1.29, 1.82) is 0 Å². The minimum atomic E-state index is -0.122. The molecule has 0 radical (unpaired) electrons. The van der Waals surface area contributed by atoms with Crippen LogP contribution in [-0.4, -0.2) is 10.9 Å². The molecular weight excluding hydrogens is 262 g/mol. The van der Waals surface area contributed by atoms with E-state index in [1.807, 2.05) is 24.3 Å². The molecule has 0 saturated carbocycles. The van der Waals surface area contributed by atoms with Gasteiger partial charge in [-0.2, -0.15) is 0 Å². The highest BCUT2D eigenvalue weighted by molar-refractivity contribution is 6.33. The summed E-state index contributed by atoms with van der Waals surface area (Å²) in [6.45, 7) is 0. The van der Waals surface area contributed by atoms with Crippen molar-refractivity contribution >= 4 is 29.0 Å². The Morgan fingerprint density at radius 2 is 2.16 bits per heavy atom. The Hall–Kier alpha value is -2.07. The molecule has 2 aromatic rings. The number of nitrogen functional groups attached to an aromatic ring is 1. The molecule has 0 unspecified atom stereocenters. The van der Waals surface area contributed by atoms with Crippen molar-refractivity contribution in [3.8, 4) is 0 Å². The average molecular weight is 276 g/mol. The molecule has 4 nitrogen and oxygen atoms in total. The van der Waals surface area contributed by atoms with Gasteiger partial charge in [0, 0.05) is 18.3 Å². The largest absolute Gasteiger partial charge is 0.399 e. The van der Waals surface area contributed by atoms with Crippen LogP contribution in [0.25, 0.3) is 0 Å². The average Bonchev–Trinajstić information content (AvgIpc) is 2.39. The summed E-state index contributed by atoms with van der Waals surface area (Å²) in [6.07, 6.45) is 2.57. The summed E-state index contributed by atoms with van der Waals surface area (Å²) < 4.78 is 0. The summed E-state index contributed by atoms with van der Waals surface area (Å²) in [5, 5.41) is 3.11. The van der Waals surface area contributed by atoms with Crippen LogP contribution in [-0.2, 0) is 11.2 Å². The summed E-state index contributed by atoms with van der Waals surface area (Å²) in [4.78, 5) is 15.8. The van der Waals surface area contributed by atoms with Gasteiger partial charge in [-0.1, -0.05) is 23.7 Å². The fourth-order valence-electron chi connectivity index (χ4n) is 1.68. The molecule has 0 spiro atoms. The fraction of sp³-hybridized carbons (Fsp3) is 0.143. The lowest BCUT2D eigenvalue weighted by Gasteiger charge is -2.06. The van der Waals surface area contributed by atoms with Crippen molar-refractivity contribution < 1.29 is 4.79 Å². The lowest BCUT2D eigenvalue weighted by atomic mass is 10.1. The molecule has 0 bridgehead atoms. The second-order valence-electron chi connectivity index (χ2n) is 4.13. The van der Waals surface area contributed by atoms with Gasteiger partial charge in [-0.05, 0) is 36.2 Å². The molecule has 0 aliphatic heterocycles. The van der Waals surface area contributed by atoms with E-state index in [0.717, 1.165) is 5.56 Å². The number of hydrogen-bond acceptors (Lipinski definition) is 3. The Bertz CT molecular complexity index is 586. The highest BCUT2D eigenvalue weighted by atomic mass is 35.5. The van der Waals surface area contributed by atoms with Crippen molar-refractivity contribution in [2.75, 3.05) is 11.1 Å². The molecule has 1 heterocycles. The highest BCUT2D eigenvalue weighted by Crippen LogP contribution is 2.17. The lowest BCUT2D eigenvalue weighted by molar-refractivity contribution is -0.116. The van der Waals surface area contributed by atoms with Gasteiger partial charge in [0.2, 0.25) is 5.91 Å². The first-order valence-electron chi connectivity index (χ1n) is 5.90. The zero-order valence-electron chi connectivity index (χ0n) is 10.3. The monoisotopic (exact) mass is 275 g/mol. The van der Waals surface area contributed by atoms with Gasteiger partial charge in [-0.25, -0.2) is 4.98 Å². The number of halogens is 1. The standard InChI is InChI=1S/C14H14ClN3O/c15-12-5-2-8-17-14(12)18-13(19)7-6-10-3-1-4-11(16)9-10/h1-5,8-9H,6-7,16H2,(H,17,18,19). The first-order valence-corrected chi connectivity index (χ1v) is 6.28. The first-order chi connectivity index (χ1) is 9.15. The van der Waals surface area contributed by atoms with Crippen LogP contribution in [0.5, 0.6) is 0 Å². The van der Waals surface area contributed by atoms with E-state index in [4.69, 9.17) is 17.3 Å². The van der Waals surface area contributed by atoms with Crippen LogP contribution in [0.15, 0.2) is 42.6 Å². The van der Waals surface area contributed by atoms with E-state index >= 15 is 0 Å². The zero-order chi connectivity index (χ0) is 13.7. The molecule has 1 amide bonds. The molecule has 0 aliphatic rings. The summed E-state index contributed by atoms with van der Waals surface area (Å²) in [5.74, 6) is 0.268. The number of amides is 1. The second kappa shape index (κ2) is 6.20. The molecule has 1 aromatic heterocycles. The van der Waals surface area contributed by atoms with Crippen LogP contribution >= 0.6 is 11.6 Å². The number of hydrogen-bond donors (Lipinski definition) is 2. The Kier molecular flexibility index (Phi) is 4.36. The number of pyridine rings is 1. The Labute approximate surface area is 116 Å². The van der Waals surface area contributed by atoms with Crippen molar-refractivity contribution in [2.45, 2.75) is 12.8 Å². The number of nitrogens with one attached hydrogen (secondary N) is 1. The summed E-state index contributed by atoms with van der Waals surface area (Å²) in [5.41, 5.74) is 7.41. The minimum absolute atomic E-state index is 0.122. The molecule has 98 valence electrons. The Morgan fingerprint density at radius 1 is 1.32 bits per heavy atom. The van der Waals surface area contributed by atoms with Crippen molar-refractivity contribution in [1.82, 2.24) is 4.98 Å². The van der Waals surface area contributed by atoms with E-state index in [0.29, 0.717) is 29.4 Å². The minimum Gasteiger partial charge on any atom is -0.399 e. The van der Waals surface area contributed by atoms with Crippen molar-refractivity contribution in [2.24, 2.45) is 0 Å². The van der Waals surface area contributed by atoms with Gasteiger partial charge in [0.1, 0.15) is 0 Å². The van der Waals surface area contributed by atoms with Gasteiger partial charge in [0.05, 0.1) is 5.02 Å². The normalized spacial score (nSPS) is 10.2. The number of aryl methyl sites for hydroxylation is 1. The maximum atomic E-state index is 11.8. The molecule has 2 rings (SSSR count). The molecule has 0 saturated heterocycles. The molecule has 19 heavy (non-hydrogen) atoms. The van der Waals surface area contributed by atoms with Crippen LogP contribution in [0.1, 0.15) is 12.0 Å². The van der Waals surface area contributed by atoms with E-state index in [-0.39, 0.29) is 5.91 Å². The lowest BCUT2D eigenvalue weighted by Crippen LogP contribution is -2.13. The van der Waals surface area contributed by atoms with E-state index in [2.05, 4.69) is 10.3 Å². The zero-order valence-corrected chi connectivity index (χ0v) is 11.0. The molecule has 0 atom stereocenters. The van der Waals surface area contributed by atoms with Gasteiger partial charge >= 0.3 is 0 Å². The third-order valence-corrected chi connectivity index (χ3v) is 2.91.